The maximum atomic E-state index is 12.9. The van der Waals surface area contributed by atoms with Crippen LogP contribution in [0.15, 0.2) is 54.6 Å². The number of Topliss-reactive ketones (excluding diaryl/α,β-unsaturated/α-hetero) is 1. The Bertz CT molecular complexity index is 638. The zero-order valence-corrected chi connectivity index (χ0v) is 13.2. The summed E-state index contributed by atoms with van der Waals surface area (Å²) in [5.74, 6) is 0.348. The highest BCUT2D eigenvalue weighted by molar-refractivity contribution is 5.96. The van der Waals surface area contributed by atoms with Crippen molar-refractivity contribution in [1.29, 1.82) is 0 Å². The Hall–Kier alpha value is -2.00. The first-order valence-corrected chi connectivity index (χ1v) is 8.28. The summed E-state index contributed by atoms with van der Waals surface area (Å²) in [6.45, 7) is 2.85. The van der Waals surface area contributed by atoms with Crippen molar-refractivity contribution in [3.63, 3.8) is 0 Å². The number of hydrogen-bond donors (Lipinski definition) is 0. The van der Waals surface area contributed by atoms with E-state index in [1.165, 1.54) is 30.5 Å². The Morgan fingerprint density at radius 3 is 2.57 bits per heavy atom. The molecule has 120 valence electrons. The normalized spacial score (nSPS) is 18.7. The van der Waals surface area contributed by atoms with E-state index in [1.807, 2.05) is 6.07 Å². The molecule has 0 aliphatic carbocycles. The van der Waals surface area contributed by atoms with Gasteiger partial charge in [0.1, 0.15) is 5.82 Å². The molecule has 2 aromatic carbocycles. The Labute approximate surface area is 136 Å². The van der Waals surface area contributed by atoms with Crippen LogP contribution in [0.2, 0.25) is 0 Å². The predicted octanol–water partition coefficient (Wildman–Crippen LogP) is 4.28. The van der Waals surface area contributed by atoms with Crippen LogP contribution in [0.5, 0.6) is 0 Å². The van der Waals surface area contributed by atoms with E-state index in [-0.39, 0.29) is 11.6 Å². The Kier molecular flexibility index (Phi) is 5.19. The fourth-order valence-electron chi connectivity index (χ4n) is 3.30. The molecule has 0 amide bonds. The molecule has 1 fully saturated rings. The number of benzene rings is 2. The van der Waals surface area contributed by atoms with Gasteiger partial charge in [-0.15, -0.1) is 0 Å². The van der Waals surface area contributed by atoms with Crippen molar-refractivity contribution < 1.29 is 9.18 Å². The zero-order valence-electron chi connectivity index (χ0n) is 13.2. The summed E-state index contributed by atoms with van der Waals surface area (Å²) in [6.07, 6.45) is 2.88. The Morgan fingerprint density at radius 1 is 1.09 bits per heavy atom. The molecule has 2 nitrogen and oxygen atoms in total. The summed E-state index contributed by atoms with van der Waals surface area (Å²) in [6, 6.07) is 16.4. The monoisotopic (exact) mass is 311 g/mol. The van der Waals surface area contributed by atoms with E-state index < -0.39 is 0 Å². The second-order valence-electron chi connectivity index (χ2n) is 6.23. The highest BCUT2D eigenvalue weighted by Gasteiger charge is 2.21. The number of nitrogens with zero attached hydrogens (tertiary/aromatic N) is 1. The van der Waals surface area contributed by atoms with Crippen LogP contribution in [0, 0.1) is 5.82 Å². The van der Waals surface area contributed by atoms with Gasteiger partial charge in [0.05, 0.1) is 0 Å². The fourth-order valence-corrected chi connectivity index (χ4v) is 3.30. The molecule has 1 heterocycles. The number of likely N-dealkylation sites (tertiary alicyclic amines) is 1. The summed E-state index contributed by atoms with van der Waals surface area (Å²) < 4.78 is 12.9. The summed E-state index contributed by atoms with van der Waals surface area (Å²) in [5.41, 5.74) is 1.99. The summed E-state index contributed by atoms with van der Waals surface area (Å²) in [7, 11) is 0. The van der Waals surface area contributed by atoms with Crippen molar-refractivity contribution in [2.75, 3.05) is 19.6 Å². The van der Waals surface area contributed by atoms with Crippen LogP contribution >= 0.6 is 0 Å². The number of carbonyl (C=O) groups is 1. The van der Waals surface area contributed by atoms with E-state index >= 15 is 0 Å². The Morgan fingerprint density at radius 2 is 1.83 bits per heavy atom. The molecule has 2 aromatic rings. The van der Waals surface area contributed by atoms with Gasteiger partial charge in [-0.2, -0.15) is 0 Å². The quantitative estimate of drug-likeness (QED) is 0.768. The highest BCUT2D eigenvalue weighted by Crippen LogP contribution is 2.26. The fraction of sp³-hybridized carbons (Fsp3) is 0.350. The lowest BCUT2D eigenvalue weighted by atomic mass is 9.90. The third-order valence-corrected chi connectivity index (χ3v) is 4.60. The lowest BCUT2D eigenvalue weighted by molar-refractivity contribution is 0.0955. The molecular formula is C20H22FNO. The molecule has 0 bridgehead atoms. The minimum absolute atomic E-state index is 0.0897. The van der Waals surface area contributed by atoms with Crippen LogP contribution in [0.4, 0.5) is 4.39 Å². The molecule has 1 aliphatic rings. The smallest absolute Gasteiger partial charge is 0.164 e. The van der Waals surface area contributed by atoms with Gasteiger partial charge in [0, 0.05) is 25.1 Å². The van der Waals surface area contributed by atoms with Crippen LogP contribution < -0.4 is 0 Å². The van der Waals surface area contributed by atoms with Gasteiger partial charge < -0.3 is 4.90 Å². The van der Waals surface area contributed by atoms with Crippen LogP contribution in [0.25, 0.3) is 0 Å². The van der Waals surface area contributed by atoms with E-state index in [4.69, 9.17) is 0 Å². The third-order valence-electron chi connectivity index (χ3n) is 4.60. The number of piperidine rings is 1. The molecule has 0 N–H and O–H groups in total. The van der Waals surface area contributed by atoms with Crippen LogP contribution in [0.1, 0.15) is 41.1 Å². The van der Waals surface area contributed by atoms with Crippen molar-refractivity contribution in [3.05, 3.63) is 71.5 Å². The molecule has 0 saturated carbocycles. The van der Waals surface area contributed by atoms with Gasteiger partial charge in [0.2, 0.25) is 0 Å². The van der Waals surface area contributed by atoms with Crippen molar-refractivity contribution in [2.45, 2.75) is 25.2 Å². The molecule has 1 unspecified atom stereocenters. The first kappa shape index (κ1) is 15.9. The summed E-state index contributed by atoms with van der Waals surface area (Å²) in [4.78, 5) is 14.6. The lowest BCUT2D eigenvalue weighted by Crippen LogP contribution is -2.35. The Balaban J connectivity index is 1.54. The maximum Gasteiger partial charge on any atom is 0.164 e. The van der Waals surface area contributed by atoms with E-state index in [2.05, 4.69) is 29.2 Å². The van der Waals surface area contributed by atoms with Gasteiger partial charge in [-0.3, -0.25) is 4.79 Å². The zero-order chi connectivity index (χ0) is 16.1. The number of rotatable bonds is 5. The second-order valence-corrected chi connectivity index (χ2v) is 6.23. The van der Waals surface area contributed by atoms with E-state index in [0.29, 0.717) is 17.9 Å². The topological polar surface area (TPSA) is 20.3 Å². The van der Waals surface area contributed by atoms with E-state index in [1.54, 1.807) is 12.1 Å². The highest BCUT2D eigenvalue weighted by atomic mass is 19.1. The van der Waals surface area contributed by atoms with Gasteiger partial charge >= 0.3 is 0 Å². The van der Waals surface area contributed by atoms with E-state index in [0.717, 1.165) is 19.6 Å². The average Bonchev–Trinajstić information content (AvgIpc) is 2.61. The van der Waals surface area contributed by atoms with Crippen molar-refractivity contribution in [3.8, 4) is 0 Å². The van der Waals surface area contributed by atoms with Crippen molar-refractivity contribution in [2.24, 2.45) is 0 Å². The number of ketones is 1. The molecule has 0 aromatic heterocycles. The van der Waals surface area contributed by atoms with Crippen LogP contribution in [-0.2, 0) is 0 Å². The van der Waals surface area contributed by atoms with Crippen LogP contribution in [-0.4, -0.2) is 30.3 Å². The van der Waals surface area contributed by atoms with Gasteiger partial charge in [0.25, 0.3) is 0 Å². The molecule has 1 aliphatic heterocycles. The van der Waals surface area contributed by atoms with Gasteiger partial charge in [-0.25, -0.2) is 4.39 Å². The van der Waals surface area contributed by atoms with E-state index in [9.17, 15) is 9.18 Å². The van der Waals surface area contributed by atoms with Gasteiger partial charge in [-0.1, -0.05) is 30.3 Å². The van der Waals surface area contributed by atoms with Gasteiger partial charge in [0.15, 0.2) is 5.78 Å². The molecule has 23 heavy (non-hydrogen) atoms. The maximum absolute atomic E-state index is 12.9. The SMILES string of the molecule is O=C(CCN1CCCC(c2ccccc2)C1)c1ccc(F)cc1. The average molecular weight is 311 g/mol. The molecule has 1 atom stereocenters. The third kappa shape index (κ3) is 4.26. The molecule has 1 saturated heterocycles. The first-order chi connectivity index (χ1) is 11.2. The van der Waals surface area contributed by atoms with Crippen molar-refractivity contribution in [1.82, 2.24) is 4.90 Å². The van der Waals surface area contributed by atoms with Crippen molar-refractivity contribution >= 4 is 5.78 Å². The summed E-state index contributed by atoms with van der Waals surface area (Å²) >= 11 is 0. The number of carbonyl (C=O) groups excluding carboxylic acids is 1. The molecule has 0 radical (unpaired) electrons. The lowest BCUT2D eigenvalue weighted by Gasteiger charge is -2.32. The summed E-state index contributed by atoms with van der Waals surface area (Å²) in [5, 5.41) is 0. The second kappa shape index (κ2) is 7.51. The number of halogens is 1. The minimum Gasteiger partial charge on any atom is -0.302 e. The predicted molar refractivity (Wildman–Crippen MR) is 90.2 cm³/mol. The number of hydrogen-bond acceptors (Lipinski definition) is 2. The molecule has 0 spiro atoms. The molecular weight excluding hydrogens is 289 g/mol. The van der Waals surface area contributed by atoms with Gasteiger partial charge in [-0.05, 0) is 55.1 Å². The first-order valence-electron chi connectivity index (χ1n) is 8.28. The molecule has 3 rings (SSSR count). The molecule has 3 heteroatoms. The largest absolute Gasteiger partial charge is 0.302 e. The minimum atomic E-state index is -0.303. The van der Waals surface area contributed by atoms with Crippen LogP contribution in [0.3, 0.4) is 0 Å². The standard InChI is InChI=1S/C20H22FNO/c21-19-10-8-17(9-11-19)20(23)12-14-22-13-4-7-18(15-22)16-5-2-1-3-6-16/h1-3,5-6,8-11,18H,4,7,12-15H2.